The molecule has 15 heavy (non-hydrogen) atoms. The predicted octanol–water partition coefficient (Wildman–Crippen LogP) is 2.01. The van der Waals surface area contributed by atoms with Crippen LogP contribution >= 0.6 is 11.3 Å². The number of nitrogens with zero attached hydrogens (tertiary/aromatic N) is 1. The van der Waals surface area contributed by atoms with Crippen molar-refractivity contribution in [3.05, 3.63) is 16.1 Å². The molecule has 4 nitrogen and oxygen atoms in total. The van der Waals surface area contributed by atoms with Gasteiger partial charge in [-0.05, 0) is 13.8 Å². The normalized spacial score (nSPS) is 10.8. The molecule has 0 saturated carbocycles. The van der Waals surface area contributed by atoms with Gasteiger partial charge in [-0.1, -0.05) is 0 Å². The molecule has 0 aliphatic heterocycles. The minimum Gasteiger partial charge on any atom is -0.506 e. The Morgan fingerprint density at radius 2 is 2.13 bits per heavy atom. The third-order valence-electron chi connectivity index (χ3n) is 2.40. The summed E-state index contributed by atoms with van der Waals surface area (Å²) in [5, 5.41) is 10.4. The van der Waals surface area contributed by atoms with Crippen molar-refractivity contribution in [2.45, 2.75) is 13.8 Å². The van der Waals surface area contributed by atoms with E-state index in [4.69, 9.17) is 5.73 Å². The fraction of sp³-hybridized carbons (Fsp3) is 0.200. The molecule has 0 bridgehead atoms. The summed E-state index contributed by atoms with van der Waals surface area (Å²) in [5.74, 6) is 0.143. The molecule has 3 N–H and O–H groups in total. The van der Waals surface area contributed by atoms with Crippen LogP contribution in [0.4, 0.5) is 5.69 Å². The third kappa shape index (κ3) is 1.27. The highest BCUT2D eigenvalue weighted by Gasteiger charge is 2.15. The molecular weight excluding hydrogens is 212 g/mol. The van der Waals surface area contributed by atoms with Gasteiger partial charge in [0.15, 0.2) is 6.29 Å². The number of pyridine rings is 1. The molecule has 0 spiro atoms. The number of aryl methyl sites for hydroxylation is 2. The smallest absolute Gasteiger partial charge is 0.162 e. The Balaban J connectivity index is 2.96. The van der Waals surface area contributed by atoms with Crippen LogP contribution in [0, 0.1) is 13.8 Å². The van der Waals surface area contributed by atoms with Gasteiger partial charge in [0.2, 0.25) is 0 Å². The van der Waals surface area contributed by atoms with E-state index in [0.29, 0.717) is 38.3 Å². The highest BCUT2D eigenvalue weighted by Crippen LogP contribution is 2.37. The van der Waals surface area contributed by atoms with Gasteiger partial charge in [0.05, 0.1) is 16.3 Å². The number of nitrogen functional groups attached to an aromatic ring is 1. The number of fused-ring (bicyclic) bond motifs is 1. The number of aldehydes is 1. The number of nitrogens with two attached hydrogens (primary N) is 1. The predicted molar refractivity (Wildman–Crippen MR) is 60.6 cm³/mol. The van der Waals surface area contributed by atoms with Crippen LogP contribution in [-0.4, -0.2) is 16.4 Å². The Morgan fingerprint density at radius 3 is 2.73 bits per heavy atom. The average Bonchev–Trinajstić information content (AvgIpc) is 2.52. The number of hydrogen-bond donors (Lipinski definition) is 2. The summed E-state index contributed by atoms with van der Waals surface area (Å²) in [4.78, 5) is 16.1. The van der Waals surface area contributed by atoms with Gasteiger partial charge in [0, 0.05) is 10.9 Å². The number of hydrogen-bond acceptors (Lipinski definition) is 5. The molecule has 0 atom stereocenters. The second-order valence-corrected chi connectivity index (χ2v) is 4.38. The van der Waals surface area contributed by atoms with E-state index in [9.17, 15) is 9.90 Å². The fourth-order valence-electron chi connectivity index (χ4n) is 1.57. The van der Waals surface area contributed by atoms with Crippen LogP contribution in [0.1, 0.15) is 20.9 Å². The second kappa shape index (κ2) is 3.20. The molecule has 0 aromatic carbocycles. The Labute approximate surface area is 90.4 Å². The standard InChI is InChI=1S/C10H10N2O2S/c1-4-7-8(11)6(3-13)15-10(7)12-5(2)9(4)14/h3,14H,11H2,1-2H3. The summed E-state index contributed by atoms with van der Waals surface area (Å²) in [5.41, 5.74) is 7.44. The molecular formula is C10H10N2O2S. The van der Waals surface area contributed by atoms with Gasteiger partial charge in [-0.25, -0.2) is 4.98 Å². The first-order valence-corrected chi connectivity index (χ1v) is 5.21. The summed E-state index contributed by atoms with van der Waals surface area (Å²) < 4.78 is 0. The molecule has 0 unspecified atom stereocenters. The molecule has 0 fully saturated rings. The lowest BCUT2D eigenvalue weighted by Crippen LogP contribution is -1.91. The molecule has 2 rings (SSSR count). The zero-order valence-corrected chi connectivity index (χ0v) is 9.18. The number of carbonyl (C=O) groups excluding carboxylic acids is 1. The van der Waals surface area contributed by atoms with Gasteiger partial charge >= 0.3 is 0 Å². The maximum Gasteiger partial charge on any atom is 0.162 e. The van der Waals surface area contributed by atoms with Gasteiger partial charge in [-0.3, -0.25) is 4.79 Å². The number of anilines is 1. The lowest BCUT2D eigenvalue weighted by molar-refractivity contribution is 0.112. The van der Waals surface area contributed by atoms with Gasteiger partial charge in [-0.15, -0.1) is 11.3 Å². The molecule has 78 valence electrons. The molecule has 0 amide bonds. The third-order valence-corrected chi connectivity index (χ3v) is 3.43. The minimum absolute atomic E-state index is 0.143. The molecule has 0 aliphatic rings. The number of aromatic hydroxyl groups is 1. The van der Waals surface area contributed by atoms with E-state index in [-0.39, 0.29) is 5.75 Å². The van der Waals surface area contributed by atoms with E-state index in [0.717, 1.165) is 0 Å². The zero-order valence-electron chi connectivity index (χ0n) is 8.37. The van der Waals surface area contributed by atoms with E-state index < -0.39 is 0 Å². The Kier molecular flexibility index (Phi) is 2.12. The monoisotopic (exact) mass is 222 g/mol. The summed E-state index contributed by atoms with van der Waals surface area (Å²) >= 11 is 1.25. The highest BCUT2D eigenvalue weighted by molar-refractivity contribution is 7.20. The van der Waals surface area contributed by atoms with Crippen LogP contribution in [0.3, 0.4) is 0 Å². The van der Waals surface area contributed by atoms with Gasteiger partial charge in [0.1, 0.15) is 10.6 Å². The van der Waals surface area contributed by atoms with Crippen molar-refractivity contribution in [1.29, 1.82) is 0 Å². The lowest BCUT2D eigenvalue weighted by atomic mass is 10.1. The Hall–Kier alpha value is -1.62. The Bertz CT molecular complexity index is 560. The van der Waals surface area contributed by atoms with E-state index in [2.05, 4.69) is 4.98 Å². The van der Waals surface area contributed by atoms with Gasteiger partial charge in [-0.2, -0.15) is 0 Å². The van der Waals surface area contributed by atoms with Crippen molar-refractivity contribution in [2.75, 3.05) is 5.73 Å². The minimum atomic E-state index is 0.143. The fourth-order valence-corrected chi connectivity index (χ4v) is 2.59. The Morgan fingerprint density at radius 1 is 1.47 bits per heavy atom. The van der Waals surface area contributed by atoms with Gasteiger partial charge < -0.3 is 10.8 Å². The van der Waals surface area contributed by atoms with Crippen molar-refractivity contribution >= 4 is 33.5 Å². The van der Waals surface area contributed by atoms with Crippen molar-refractivity contribution in [3.8, 4) is 5.75 Å². The topological polar surface area (TPSA) is 76.2 Å². The number of thiophene rings is 1. The molecule has 5 heteroatoms. The van der Waals surface area contributed by atoms with Crippen molar-refractivity contribution in [2.24, 2.45) is 0 Å². The first-order valence-electron chi connectivity index (χ1n) is 4.39. The zero-order chi connectivity index (χ0) is 11.2. The van der Waals surface area contributed by atoms with E-state index >= 15 is 0 Å². The van der Waals surface area contributed by atoms with Crippen molar-refractivity contribution in [1.82, 2.24) is 4.98 Å². The van der Waals surface area contributed by atoms with Crippen LogP contribution < -0.4 is 5.73 Å². The second-order valence-electron chi connectivity index (χ2n) is 3.35. The SMILES string of the molecule is Cc1nc2sc(C=O)c(N)c2c(C)c1O. The largest absolute Gasteiger partial charge is 0.506 e. The van der Waals surface area contributed by atoms with E-state index in [1.165, 1.54) is 11.3 Å². The first kappa shape index (κ1) is 9.92. The molecule has 0 radical (unpaired) electrons. The quantitative estimate of drug-likeness (QED) is 0.724. The van der Waals surface area contributed by atoms with Crippen molar-refractivity contribution < 1.29 is 9.90 Å². The molecule has 2 aromatic heterocycles. The summed E-state index contributed by atoms with van der Waals surface area (Å²) in [6, 6.07) is 0. The van der Waals surface area contributed by atoms with Crippen LogP contribution in [0.2, 0.25) is 0 Å². The first-order chi connectivity index (χ1) is 7.06. The number of rotatable bonds is 1. The summed E-state index contributed by atoms with van der Waals surface area (Å²) in [6.45, 7) is 3.49. The number of carbonyl (C=O) groups is 1. The molecule has 0 saturated heterocycles. The molecule has 2 aromatic rings. The maximum absolute atomic E-state index is 10.7. The van der Waals surface area contributed by atoms with Crippen LogP contribution in [0.15, 0.2) is 0 Å². The number of aromatic nitrogens is 1. The van der Waals surface area contributed by atoms with Crippen LogP contribution in [0.25, 0.3) is 10.2 Å². The highest BCUT2D eigenvalue weighted by atomic mass is 32.1. The van der Waals surface area contributed by atoms with Gasteiger partial charge in [0.25, 0.3) is 0 Å². The average molecular weight is 222 g/mol. The van der Waals surface area contributed by atoms with Crippen molar-refractivity contribution in [3.63, 3.8) is 0 Å². The van der Waals surface area contributed by atoms with Crippen LogP contribution in [-0.2, 0) is 0 Å². The van der Waals surface area contributed by atoms with E-state index in [1.54, 1.807) is 13.8 Å². The maximum atomic E-state index is 10.7. The lowest BCUT2D eigenvalue weighted by Gasteiger charge is -2.03. The molecule has 0 aliphatic carbocycles. The molecule has 2 heterocycles. The summed E-state index contributed by atoms with van der Waals surface area (Å²) in [7, 11) is 0. The van der Waals surface area contributed by atoms with Crippen LogP contribution in [0.5, 0.6) is 5.75 Å². The van der Waals surface area contributed by atoms with E-state index in [1.807, 2.05) is 0 Å². The summed E-state index contributed by atoms with van der Waals surface area (Å²) in [6.07, 6.45) is 0.716.